The van der Waals surface area contributed by atoms with Gasteiger partial charge in [0.1, 0.15) is 5.75 Å². The van der Waals surface area contributed by atoms with Crippen molar-refractivity contribution >= 4 is 5.69 Å². The van der Waals surface area contributed by atoms with Crippen LogP contribution in [0.1, 0.15) is 18.1 Å². The molecule has 2 nitrogen and oxygen atoms in total. The summed E-state index contributed by atoms with van der Waals surface area (Å²) in [6, 6.07) is 12.9. The van der Waals surface area contributed by atoms with Gasteiger partial charge < -0.3 is 9.64 Å². The van der Waals surface area contributed by atoms with Crippen LogP contribution in [-0.2, 0) is 6.54 Å². The summed E-state index contributed by atoms with van der Waals surface area (Å²) < 4.78 is 5.34. The maximum Gasteiger partial charge on any atom is 0.119 e. The predicted molar refractivity (Wildman–Crippen MR) is 79.9 cm³/mol. The van der Waals surface area contributed by atoms with E-state index in [2.05, 4.69) is 49.1 Å². The SMILES string of the molecule is CCN1Cc2cc(OC)ccc2-c2cccc(C)c21. The van der Waals surface area contributed by atoms with Gasteiger partial charge in [-0.25, -0.2) is 0 Å². The molecule has 19 heavy (non-hydrogen) atoms. The second-order valence-electron chi connectivity index (χ2n) is 5.01. The lowest BCUT2D eigenvalue weighted by atomic mass is 9.91. The molecule has 98 valence electrons. The van der Waals surface area contributed by atoms with Crippen molar-refractivity contribution in [2.24, 2.45) is 0 Å². The normalized spacial score (nSPS) is 12.9. The molecule has 3 rings (SSSR count). The number of fused-ring (bicyclic) bond motifs is 3. The van der Waals surface area contributed by atoms with E-state index in [0.29, 0.717) is 0 Å². The zero-order valence-electron chi connectivity index (χ0n) is 11.7. The van der Waals surface area contributed by atoms with Crippen LogP contribution in [0.15, 0.2) is 36.4 Å². The number of ether oxygens (including phenoxy) is 1. The Labute approximate surface area is 114 Å². The van der Waals surface area contributed by atoms with E-state index in [-0.39, 0.29) is 0 Å². The lowest BCUT2D eigenvalue weighted by Crippen LogP contribution is -2.26. The van der Waals surface area contributed by atoms with Crippen molar-refractivity contribution in [2.75, 3.05) is 18.6 Å². The average molecular weight is 253 g/mol. The van der Waals surface area contributed by atoms with E-state index < -0.39 is 0 Å². The number of hydrogen-bond acceptors (Lipinski definition) is 2. The number of hydrogen-bond donors (Lipinski definition) is 0. The molecule has 2 aromatic carbocycles. The largest absolute Gasteiger partial charge is 0.497 e. The lowest BCUT2D eigenvalue weighted by molar-refractivity contribution is 0.414. The Hall–Kier alpha value is -1.96. The van der Waals surface area contributed by atoms with Crippen molar-refractivity contribution in [1.82, 2.24) is 0 Å². The van der Waals surface area contributed by atoms with E-state index in [9.17, 15) is 0 Å². The standard InChI is InChI=1S/C17H19NO/c1-4-18-11-13-10-14(19-3)8-9-15(13)16-7-5-6-12(2)17(16)18/h5-10H,4,11H2,1-3H3. The van der Waals surface area contributed by atoms with Crippen molar-refractivity contribution in [1.29, 1.82) is 0 Å². The number of methoxy groups -OCH3 is 1. The quantitative estimate of drug-likeness (QED) is 0.801. The molecule has 0 spiro atoms. The molecule has 0 bridgehead atoms. The minimum absolute atomic E-state index is 0.936. The molecule has 0 saturated heterocycles. The number of rotatable bonds is 2. The zero-order chi connectivity index (χ0) is 13.4. The van der Waals surface area contributed by atoms with Crippen LogP contribution >= 0.6 is 0 Å². The Bertz CT molecular complexity index is 619. The van der Waals surface area contributed by atoms with Gasteiger partial charge in [-0.05, 0) is 42.7 Å². The van der Waals surface area contributed by atoms with Crippen molar-refractivity contribution in [3.63, 3.8) is 0 Å². The van der Waals surface area contributed by atoms with Gasteiger partial charge in [-0.15, -0.1) is 0 Å². The summed E-state index contributed by atoms with van der Waals surface area (Å²) in [5, 5.41) is 0. The molecule has 2 heteroatoms. The Kier molecular flexibility index (Phi) is 2.94. The van der Waals surface area contributed by atoms with Crippen molar-refractivity contribution in [2.45, 2.75) is 20.4 Å². The second kappa shape index (κ2) is 4.61. The Balaban J connectivity index is 2.23. The molecule has 1 heterocycles. The summed E-state index contributed by atoms with van der Waals surface area (Å²) in [6.45, 7) is 6.38. The Morgan fingerprint density at radius 2 is 2.00 bits per heavy atom. The fraction of sp³-hybridized carbons (Fsp3) is 0.294. The van der Waals surface area contributed by atoms with E-state index in [1.54, 1.807) is 7.11 Å². The summed E-state index contributed by atoms with van der Waals surface area (Å²) in [5.74, 6) is 0.936. The summed E-state index contributed by atoms with van der Waals surface area (Å²) in [5.41, 5.74) is 6.75. The van der Waals surface area contributed by atoms with E-state index in [1.807, 2.05) is 6.07 Å². The molecule has 0 radical (unpaired) electrons. The fourth-order valence-electron chi connectivity index (χ4n) is 2.94. The molecule has 1 aliphatic heterocycles. The van der Waals surface area contributed by atoms with Gasteiger partial charge in [0.05, 0.1) is 7.11 Å². The van der Waals surface area contributed by atoms with Gasteiger partial charge >= 0.3 is 0 Å². The van der Waals surface area contributed by atoms with Gasteiger partial charge in [0.15, 0.2) is 0 Å². The van der Waals surface area contributed by atoms with Crippen molar-refractivity contribution in [3.8, 4) is 16.9 Å². The number of aryl methyl sites for hydroxylation is 1. The van der Waals surface area contributed by atoms with E-state index in [1.165, 1.54) is 27.9 Å². The molecular weight excluding hydrogens is 234 g/mol. The molecular formula is C17H19NO. The summed E-state index contributed by atoms with van der Waals surface area (Å²) in [6.07, 6.45) is 0. The third kappa shape index (κ3) is 1.88. The molecule has 0 amide bonds. The monoisotopic (exact) mass is 253 g/mol. The first-order valence-electron chi connectivity index (χ1n) is 6.76. The summed E-state index contributed by atoms with van der Waals surface area (Å²) >= 11 is 0. The topological polar surface area (TPSA) is 12.5 Å². The Morgan fingerprint density at radius 1 is 1.16 bits per heavy atom. The molecule has 2 aromatic rings. The van der Waals surface area contributed by atoms with Gasteiger partial charge in [0.25, 0.3) is 0 Å². The highest BCUT2D eigenvalue weighted by Gasteiger charge is 2.22. The van der Waals surface area contributed by atoms with Crippen LogP contribution < -0.4 is 9.64 Å². The minimum atomic E-state index is 0.936. The van der Waals surface area contributed by atoms with Gasteiger partial charge in [-0.1, -0.05) is 24.3 Å². The molecule has 0 fully saturated rings. The average Bonchev–Trinajstić information content (AvgIpc) is 2.45. The van der Waals surface area contributed by atoms with Crippen LogP contribution in [0.3, 0.4) is 0 Å². The van der Waals surface area contributed by atoms with Crippen LogP contribution in [0, 0.1) is 6.92 Å². The van der Waals surface area contributed by atoms with Gasteiger partial charge in [0, 0.05) is 24.3 Å². The number of nitrogens with zero attached hydrogens (tertiary/aromatic N) is 1. The van der Waals surface area contributed by atoms with Crippen LogP contribution in [0.25, 0.3) is 11.1 Å². The maximum atomic E-state index is 5.34. The second-order valence-corrected chi connectivity index (χ2v) is 5.01. The van der Waals surface area contributed by atoms with Gasteiger partial charge in [0.2, 0.25) is 0 Å². The zero-order valence-corrected chi connectivity index (χ0v) is 11.7. The first kappa shape index (κ1) is 12.1. The molecule has 0 N–H and O–H groups in total. The van der Waals surface area contributed by atoms with Crippen LogP contribution in [-0.4, -0.2) is 13.7 Å². The highest BCUT2D eigenvalue weighted by Crippen LogP contribution is 2.41. The van der Waals surface area contributed by atoms with Crippen LogP contribution in [0.2, 0.25) is 0 Å². The molecule has 1 aliphatic rings. The summed E-state index contributed by atoms with van der Waals surface area (Å²) in [7, 11) is 1.72. The number of para-hydroxylation sites is 1. The van der Waals surface area contributed by atoms with E-state index in [0.717, 1.165) is 18.8 Å². The van der Waals surface area contributed by atoms with Crippen LogP contribution in [0.4, 0.5) is 5.69 Å². The third-order valence-electron chi connectivity index (χ3n) is 3.90. The highest BCUT2D eigenvalue weighted by atomic mass is 16.5. The fourth-order valence-corrected chi connectivity index (χ4v) is 2.94. The maximum absolute atomic E-state index is 5.34. The minimum Gasteiger partial charge on any atom is -0.497 e. The molecule has 0 saturated carbocycles. The number of anilines is 1. The first-order chi connectivity index (χ1) is 9.24. The lowest BCUT2D eigenvalue weighted by Gasteiger charge is -2.33. The Morgan fingerprint density at radius 3 is 2.74 bits per heavy atom. The first-order valence-corrected chi connectivity index (χ1v) is 6.76. The highest BCUT2D eigenvalue weighted by molar-refractivity contribution is 5.85. The predicted octanol–water partition coefficient (Wildman–Crippen LogP) is 4.01. The van der Waals surface area contributed by atoms with Crippen molar-refractivity contribution in [3.05, 3.63) is 47.5 Å². The number of benzene rings is 2. The van der Waals surface area contributed by atoms with E-state index in [4.69, 9.17) is 4.74 Å². The molecule has 0 aromatic heterocycles. The van der Waals surface area contributed by atoms with Gasteiger partial charge in [-0.2, -0.15) is 0 Å². The third-order valence-corrected chi connectivity index (χ3v) is 3.90. The van der Waals surface area contributed by atoms with Crippen LogP contribution in [0.5, 0.6) is 5.75 Å². The van der Waals surface area contributed by atoms with Crippen molar-refractivity contribution < 1.29 is 4.74 Å². The molecule has 0 aliphatic carbocycles. The molecule has 0 unspecified atom stereocenters. The van der Waals surface area contributed by atoms with Gasteiger partial charge in [-0.3, -0.25) is 0 Å². The smallest absolute Gasteiger partial charge is 0.119 e. The van der Waals surface area contributed by atoms with E-state index >= 15 is 0 Å². The molecule has 0 atom stereocenters. The summed E-state index contributed by atoms with van der Waals surface area (Å²) in [4.78, 5) is 2.44.